The molecule has 0 aromatic heterocycles. The third-order valence-electron chi connectivity index (χ3n) is 2.96. The summed E-state index contributed by atoms with van der Waals surface area (Å²) in [4.78, 5) is 22.9. The molecule has 0 spiro atoms. The van der Waals surface area contributed by atoms with E-state index in [9.17, 15) is 14.0 Å². The van der Waals surface area contributed by atoms with Crippen LogP contribution in [-0.2, 0) is 11.3 Å². The van der Waals surface area contributed by atoms with Gasteiger partial charge in [-0.25, -0.2) is 4.39 Å². The van der Waals surface area contributed by atoms with Gasteiger partial charge in [0.15, 0.2) is 5.82 Å². The van der Waals surface area contributed by atoms with Crippen LogP contribution >= 0.6 is 11.6 Å². The highest BCUT2D eigenvalue weighted by molar-refractivity contribution is 6.31. The molecule has 0 unspecified atom stereocenters. The summed E-state index contributed by atoms with van der Waals surface area (Å²) in [6, 6.07) is 11.0. The van der Waals surface area contributed by atoms with Crippen LogP contribution in [0.15, 0.2) is 42.5 Å². The Morgan fingerprint density at radius 2 is 1.82 bits per heavy atom. The highest BCUT2D eigenvalue weighted by Gasteiger charge is 2.11. The molecule has 114 valence electrons. The topological polar surface area (TPSA) is 58.2 Å². The van der Waals surface area contributed by atoms with E-state index >= 15 is 0 Å². The summed E-state index contributed by atoms with van der Waals surface area (Å²) in [6.45, 7) is 1.82. The van der Waals surface area contributed by atoms with E-state index in [1.807, 2.05) is 0 Å². The lowest BCUT2D eigenvalue weighted by Gasteiger charge is -2.08. The van der Waals surface area contributed by atoms with Crippen LogP contribution in [0.2, 0.25) is 5.02 Å². The normalized spacial score (nSPS) is 10.1. The predicted octanol–water partition coefficient (Wildman–Crippen LogP) is 3.37. The predicted molar refractivity (Wildman–Crippen MR) is 83.3 cm³/mol. The number of nitrogens with one attached hydrogen (secondary N) is 2. The second-order valence-electron chi connectivity index (χ2n) is 4.66. The Labute approximate surface area is 132 Å². The number of hydrogen-bond donors (Lipinski definition) is 2. The van der Waals surface area contributed by atoms with Crippen molar-refractivity contribution in [2.45, 2.75) is 13.5 Å². The standard InChI is InChI=1S/C16H14ClFN2O2/c1-10(21)19-9-11-5-7-12(8-6-11)16(22)20-14-4-2-3-13(17)15(14)18/h2-8H,9H2,1H3,(H,19,21)(H,20,22). The molecule has 2 N–H and O–H groups in total. The van der Waals surface area contributed by atoms with Gasteiger partial charge in [-0.05, 0) is 29.8 Å². The first-order valence-corrected chi connectivity index (χ1v) is 6.94. The van der Waals surface area contributed by atoms with Gasteiger partial charge < -0.3 is 10.6 Å². The first-order chi connectivity index (χ1) is 10.5. The fourth-order valence-corrected chi connectivity index (χ4v) is 1.97. The molecule has 0 bridgehead atoms. The molecule has 0 heterocycles. The molecule has 0 saturated carbocycles. The highest BCUT2D eigenvalue weighted by Crippen LogP contribution is 2.22. The van der Waals surface area contributed by atoms with Gasteiger partial charge in [-0.3, -0.25) is 9.59 Å². The lowest BCUT2D eigenvalue weighted by atomic mass is 10.1. The minimum absolute atomic E-state index is 0.0276. The van der Waals surface area contributed by atoms with E-state index in [0.717, 1.165) is 5.56 Å². The summed E-state index contributed by atoms with van der Waals surface area (Å²) in [5.74, 6) is -1.23. The minimum atomic E-state index is -0.667. The van der Waals surface area contributed by atoms with Crippen molar-refractivity contribution in [3.63, 3.8) is 0 Å². The van der Waals surface area contributed by atoms with Gasteiger partial charge in [-0.2, -0.15) is 0 Å². The summed E-state index contributed by atoms with van der Waals surface area (Å²) in [5.41, 5.74) is 1.27. The van der Waals surface area contributed by atoms with E-state index in [4.69, 9.17) is 11.6 Å². The number of benzene rings is 2. The summed E-state index contributed by atoms with van der Waals surface area (Å²) in [5, 5.41) is 5.08. The minimum Gasteiger partial charge on any atom is -0.352 e. The zero-order valence-corrected chi connectivity index (χ0v) is 12.6. The number of carbonyl (C=O) groups excluding carboxylic acids is 2. The molecule has 0 atom stereocenters. The summed E-state index contributed by atoms with van der Waals surface area (Å²) < 4.78 is 13.7. The van der Waals surface area contributed by atoms with Crippen LogP contribution in [0.1, 0.15) is 22.8 Å². The number of anilines is 1. The SMILES string of the molecule is CC(=O)NCc1ccc(C(=O)Nc2cccc(Cl)c2F)cc1. The van der Waals surface area contributed by atoms with Crippen LogP contribution < -0.4 is 10.6 Å². The van der Waals surface area contributed by atoms with Crippen molar-refractivity contribution in [1.29, 1.82) is 0 Å². The Hall–Kier alpha value is -2.40. The van der Waals surface area contributed by atoms with Gasteiger partial charge in [0.2, 0.25) is 5.91 Å². The van der Waals surface area contributed by atoms with Crippen molar-refractivity contribution in [3.8, 4) is 0 Å². The largest absolute Gasteiger partial charge is 0.352 e. The molecule has 2 amide bonds. The second kappa shape index (κ2) is 7.04. The quantitative estimate of drug-likeness (QED) is 0.907. The average molecular weight is 321 g/mol. The number of amides is 2. The number of hydrogen-bond acceptors (Lipinski definition) is 2. The Morgan fingerprint density at radius 3 is 2.45 bits per heavy atom. The maximum absolute atomic E-state index is 13.7. The molecule has 6 heteroatoms. The van der Waals surface area contributed by atoms with E-state index in [2.05, 4.69) is 10.6 Å². The molecule has 2 aromatic carbocycles. The first kappa shape index (κ1) is 16.0. The maximum Gasteiger partial charge on any atom is 0.255 e. The molecule has 0 radical (unpaired) electrons. The van der Waals surface area contributed by atoms with Crippen LogP contribution in [0.4, 0.5) is 10.1 Å². The van der Waals surface area contributed by atoms with Gasteiger partial charge in [-0.15, -0.1) is 0 Å². The molecule has 0 fully saturated rings. The van der Waals surface area contributed by atoms with Crippen molar-refractivity contribution in [2.75, 3.05) is 5.32 Å². The maximum atomic E-state index is 13.7. The fraction of sp³-hybridized carbons (Fsp3) is 0.125. The molecular formula is C16H14ClFN2O2. The van der Waals surface area contributed by atoms with Gasteiger partial charge in [0, 0.05) is 19.0 Å². The molecule has 22 heavy (non-hydrogen) atoms. The van der Waals surface area contributed by atoms with E-state index < -0.39 is 11.7 Å². The summed E-state index contributed by atoms with van der Waals surface area (Å²) in [7, 11) is 0. The first-order valence-electron chi connectivity index (χ1n) is 6.56. The zero-order chi connectivity index (χ0) is 16.1. The van der Waals surface area contributed by atoms with Crippen LogP contribution in [0.25, 0.3) is 0 Å². The van der Waals surface area contributed by atoms with E-state index in [-0.39, 0.29) is 16.6 Å². The molecule has 2 aromatic rings. The molecule has 2 rings (SSSR count). The second-order valence-corrected chi connectivity index (χ2v) is 5.07. The monoisotopic (exact) mass is 320 g/mol. The number of halogens is 2. The van der Waals surface area contributed by atoms with Crippen molar-refractivity contribution in [3.05, 3.63) is 64.4 Å². The van der Waals surface area contributed by atoms with Crippen molar-refractivity contribution < 1.29 is 14.0 Å². The zero-order valence-electron chi connectivity index (χ0n) is 11.8. The fourth-order valence-electron chi connectivity index (χ4n) is 1.80. The van der Waals surface area contributed by atoms with Crippen LogP contribution in [0, 0.1) is 5.82 Å². The van der Waals surface area contributed by atoms with Gasteiger partial charge in [0.05, 0.1) is 10.7 Å². The summed E-state index contributed by atoms with van der Waals surface area (Å²) in [6.07, 6.45) is 0. The van der Waals surface area contributed by atoms with E-state index in [0.29, 0.717) is 12.1 Å². The Balaban J connectivity index is 2.06. The highest BCUT2D eigenvalue weighted by atomic mass is 35.5. The molecule has 0 saturated heterocycles. The molecule has 0 aliphatic rings. The van der Waals surface area contributed by atoms with Gasteiger partial charge in [0.1, 0.15) is 0 Å². The smallest absolute Gasteiger partial charge is 0.255 e. The lowest BCUT2D eigenvalue weighted by Crippen LogP contribution is -2.19. The van der Waals surface area contributed by atoms with Gasteiger partial charge in [-0.1, -0.05) is 29.8 Å². The van der Waals surface area contributed by atoms with Gasteiger partial charge in [0.25, 0.3) is 5.91 Å². The van der Waals surface area contributed by atoms with E-state index in [1.165, 1.54) is 19.1 Å². The Morgan fingerprint density at radius 1 is 1.14 bits per heavy atom. The third-order valence-corrected chi connectivity index (χ3v) is 3.25. The van der Waals surface area contributed by atoms with Gasteiger partial charge >= 0.3 is 0 Å². The summed E-state index contributed by atoms with van der Waals surface area (Å²) >= 11 is 5.66. The molecule has 0 aliphatic carbocycles. The van der Waals surface area contributed by atoms with Crippen molar-refractivity contribution in [1.82, 2.24) is 5.32 Å². The molecule has 4 nitrogen and oxygen atoms in total. The van der Waals surface area contributed by atoms with Crippen LogP contribution in [-0.4, -0.2) is 11.8 Å². The third kappa shape index (κ3) is 4.05. The van der Waals surface area contributed by atoms with E-state index in [1.54, 1.807) is 30.3 Å². The Kier molecular flexibility index (Phi) is 5.12. The molecule has 0 aliphatic heterocycles. The van der Waals surface area contributed by atoms with Crippen LogP contribution in [0.5, 0.6) is 0 Å². The van der Waals surface area contributed by atoms with Crippen molar-refractivity contribution in [2.24, 2.45) is 0 Å². The lowest BCUT2D eigenvalue weighted by molar-refractivity contribution is -0.119. The Bertz CT molecular complexity index is 702. The average Bonchev–Trinajstić information content (AvgIpc) is 2.50. The number of carbonyl (C=O) groups is 2. The molecular weight excluding hydrogens is 307 g/mol. The van der Waals surface area contributed by atoms with Crippen molar-refractivity contribution >= 4 is 29.1 Å². The number of rotatable bonds is 4. The van der Waals surface area contributed by atoms with Crippen LogP contribution in [0.3, 0.4) is 0 Å².